The van der Waals surface area contributed by atoms with Crippen LogP contribution in [-0.2, 0) is 9.59 Å². The maximum Gasteiger partial charge on any atom is 0.265 e. The highest BCUT2D eigenvalue weighted by atomic mass is 32.1. The molecule has 3 aromatic rings. The summed E-state index contributed by atoms with van der Waals surface area (Å²) in [6, 6.07) is 11.1. The van der Waals surface area contributed by atoms with Gasteiger partial charge in [0, 0.05) is 23.6 Å². The number of carbonyl (C=O) groups is 2. The SMILES string of the molecule is CCCN1C(=O)COc2ccc(-c3csc(NC(=O)C=Cc4ccc(OCC)c(OC)c4)n3)cc21. The van der Waals surface area contributed by atoms with Crippen molar-refractivity contribution in [1.82, 2.24) is 4.98 Å². The van der Waals surface area contributed by atoms with E-state index in [9.17, 15) is 9.59 Å². The van der Waals surface area contributed by atoms with Crippen molar-refractivity contribution >= 4 is 40.0 Å². The molecule has 1 aliphatic heterocycles. The van der Waals surface area contributed by atoms with Gasteiger partial charge >= 0.3 is 0 Å². The molecule has 0 aliphatic carbocycles. The van der Waals surface area contributed by atoms with E-state index in [0.29, 0.717) is 41.2 Å². The lowest BCUT2D eigenvalue weighted by Gasteiger charge is -2.29. The molecule has 0 radical (unpaired) electrons. The molecule has 0 fully saturated rings. The molecule has 0 saturated carbocycles. The zero-order valence-corrected chi connectivity index (χ0v) is 20.7. The number of nitrogens with one attached hydrogen (secondary N) is 1. The molecular weight excluding hydrogens is 466 g/mol. The number of anilines is 2. The zero-order valence-electron chi connectivity index (χ0n) is 19.9. The number of carbonyl (C=O) groups excluding carboxylic acids is 2. The van der Waals surface area contributed by atoms with Gasteiger partial charge in [-0.15, -0.1) is 11.3 Å². The van der Waals surface area contributed by atoms with Crippen LogP contribution >= 0.6 is 11.3 Å². The number of rotatable bonds is 9. The molecule has 0 saturated heterocycles. The fourth-order valence-electron chi connectivity index (χ4n) is 3.68. The summed E-state index contributed by atoms with van der Waals surface area (Å²) in [5, 5.41) is 5.15. The van der Waals surface area contributed by atoms with E-state index in [1.54, 1.807) is 18.1 Å². The minimum atomic E-state index is -0.294. The number of fused-ring (bicyclic) bond motifs is 1. The van der Waals surface area contributed by atoms with E-state index in [2.05, 4.69) is 10.3 Å². The predicted octanol–water partition coefficient (Wildman–Crippen LogP) is 5.00. The summed E-state index contributed by atoms with van der Waals surface area (Å²) in [6.45, 7) is 5.16. The number of ether oxygens (including phenoxy) is 3. The fraction of sp³-hybridized carbons (Fsp3) is 0.269. The van der Waals surface area contributed by atoms with Crippen molar-refractivity contribution in [2.24, 2.45) is 0 Å². The lowest BCUT2D eigenvalue weighted by Crippen LogP contribution is -2.39. The molecule has 2 aromatic carbocycles. The molecule has 1 aromatic heterocycles. The molecule has 35 heavy (non-hydrogen) atoms. The van der Waals surface area contributed by atoms with E-state index in [0.717, 1.165) is 23.2 Å². The van der Waals surface area contributed by atoms with Crippen LogP contribution in [0.5, 0.6) is 17.2 Å². The first kappa shape index (κ1) is 24.3. The number of thiazole rings is 1. The molecule has 8 nitrogen and oxygen atoms in total. The Hall–Kier alpha value is -3.85. The van der Waals surface area contributed by atoms with Gasteiger partial charge in [-0.25, -0.2) is 4.98 Å². The summed E-state index contributed by atoms with van der Waals surface area (Å²) in [5.74, 6) is 1.59. The lowest BCUT2D eigenvalue weighted by molar-refractivity contribution is -0.121. The third kappa shape index (κ3) is 5.63. The van der Waals surface area contributed by atoms with Crippen LogP contribution in [-0.4, -0.2) is 43.7 Å². The highest BCUT2D eigenvalue weighted by molar-refractivity contribution is 7.14. The zero-order chi connectivity index (χ0) is 24.8. The van der Waals surface area contributed by atoms with Gasteiger partial charge in [0.05, 0.1) is 25.1 Å². The van der Waals surface area contributed by atoms with Gasteiger partial charge < -0.3 is 19.1 Å². The Morgan fingerprint density at radius 1 is 1.23 bits per heavy atom. The molecule has 2 amide bonds. The number of methoxy groups -OCH3 is 1. The van der Waals surface area contributed by atoms with Crippen molar-refractivity contribution in [2.45, 2.75) is 20.3 Å². The summed E-state index contributed by atoms with van der Waals surface area (Å²) in [5.41, 5.74) is 3.11. The van der Waals surface area contributed by atoms with Crippen LogP contribution in [0, 0.1) is 0 Å². The van der Waals surface area contributed by atoms with Crippen LogP contribution in [0.2, 0.25) is 0 Å². The Labute approximate surface area is 208 Å². The molecule has 1 N–H and O–H groups in total. The van der Waals surface area contributed by atoms with Gasteiger partial charge in [0.2, 0.25) is 5.91 Å². The van der Waals surface area contributed by atoms with E-state index >= 15 is 0 Å². The van der Waals surface area contributed by atoms with Crippen molar-refractivity contribution in [3.63, 3.8) is 0 Å². The number of hydrogen-bond acceptors (Lipinski definition) is 7. The van der Waals surface area contributed by atoms with Crippen molar-refractivity contribution < 1.29 is 23.8 Å². The van der Waals surface area contributed by atoms with Crippen molar-refractivity contribution in [3.05, 3.63) is 53.4 Å². The normalized spacial score (nSPS) is 12.9. The van der Waals surface area contributed by atoms with Crippen LogP contribution in [0.25, 0.3) is 17.3 Å². The van der Waals surface area contributed by atoms with E-state index in [-0.39, 0.29) is 18.4 Å². The average Bonchev–Trinajstić information content (AvgIpc) is 3.33. The average molecular weight is 494 g/mol. The topological polar surface area (TPSA) is 90.0 Å². The molecule has 1 aliphatic rings. The molecule has 9 heteroatoms. The second-order valence-corrected chi connectivity index (χ2v) is 8.58. The number of hydrogen-bond donors (Lipinski definition) is 1. The Bertz CT molecular complexity index is 1250. The Morgan fingerprint density at radius 2 is 2.09 bits per heavy atom. The van der Waals surface area contributed by atoms with Crippen LogP contribution in [0.15, 0.2) is 47.9 Å². The maximum absolute atomic E-state index is 12.5. The first-order valence-electron chi connectivity index (χ1n) is 11.3. The first-order chi connectivity index (χ1) is 17.0. The number of benzene rings is 2. The molecule has 2 heterocycles. The molecular formula is C26H27N3O5S. The van der Waals surface area contributed by atoms with Gasteiger partial charge in [0.15, 0.2) is 23.2 Å². The monoisotopic (exact) mass is 493 g/mol. The highest BCUT2D eigenvalue weighted by Crippen LogP contribution is 2.37. The Kier molecular flexibility index (Phi) is 7.67. The van der Waals surface area contributed by atoms with E-state index in [4.69, 9.17) is 14.2 Å². The maximum atomic E-state index is 12.5. The third-order valence-electron chi connectivity index (χ3n) is 5.29. The third-order valence-corrected chi connectivity index (χ3v) is 6.05. The first-order valence-corrected chi connectivity index (χ1v) is 12.2. The lowest BCUT2D eigenvalue weighted by atomic mass is 10.1. The standard InChI is InChI=1S/C26H27N3O5S/c1-4-12-29-20-14-18(8-10-21(20)34-15-25(29)31)19-16-35-26(27-19)28-24(30)11-7-17-6-9-22(33-5-2)23(13-17)32-3/h6-11,13-14,16H,4-5,12,15H2,1-3H3,(H,27,28,30). The summed E-state index contributed by atoms with van der Waals surface area (Å²) in [7, 11) is 1.58. The fourth-order valence-corrected chi connectivity index (χ4v) is 4.40. The largest absolute Gasteiger partial charge is 0.493 e. The van der Waals surface area contributed by atoms with Crippen LogP contribution < -0.4 is 24.4 Å². The van der Waals surface area contributed by atoms with Gasteiger partial charge in [0.25, 0.3) is 5.91 Å². The van der Waals surface area contributed by atoms with Gasteiger partial charge in [-0.05, 0) is 55.3 Å². The Balaban J connectivity index is 1.45. The summed E-state index contributed by atoms with van der Waals surface area (Å²) in [6.07, 6.45) is 3.99. The van der Waals surface area contributed by atoms with Crippen LogP contribution in [0.1, 0.15) is 25.8 Å². The van der Waals surface area contributed by atoms with Crippen molar-refractivity contribution in [1.29, 1.82) is 0 Å². The smallest absolute Gasteiger partial charge is 0.265 e. The van der Waals surface area contributed by atoms with Gasteiger partial charge in [-0.1, -0.05) is 13.0 Å². The summed E-state index contributed by atoms with van der Waals surface area (Å²) in [4.78, 5) is 31.0. The summed E-state index contributed by atoms with van der Waals surface area (Å²) < 4.78 is 16.4. The quantitative estimate of drug-likeness (QED) is 0.422. The van der Waals surface area contributed by atoms with Crippen molar-refractivity contribution in [2.75, 3.05) is 37.1 Å². The van der Waals surface area contributed by atoms with Crippen LogP contribution in [0.4, 0.5) is 10.8 Å². The minimum Gasteiger partial charge on any atom is -0.493 e. The molecule has 0 unspecified atom stereocenters. The minimum absolute atomic E-state index is 0.0518. The van der Waals surface area contributed by atoms with Crippen LogP contribution in [0.3, 0.4) is 0 Å². The molecule has 182 valence electrons. The second kappa shape index (κ2) is 11.1. The van der Waals surface area contributed by atoms with Gasteiger partial charge in [-0.3, -0.25) is 14.9 Å². The highest BCUT2D eigenvalue weighted by Gasteiger charge is 2.25. The van der Waals surface area contributed by atoms with E-state index < -0.39 is 0 Å². The molecule has 0 bridgehead atoms. The molecule has 4 rings (SSSR count). The number of nitrogens with zero attached hydrogens (tertiary/aromatic N) is 2. The number of amides is 2. The molecule has 0 atom stereocenters. The van der Waals surface area contributed by atoms with Gasteiger partial charge in [-0.2, -0.15) is 0 Å². The van der Waals surface area contributed by atoms with E-state index in [1.165, 1.54) is 17.4 Å². The predicted molar refractivity (Wildman–Crippen MR) is 138 cm³/mol. The van der Waals surface area contributed by atoms with Gasteiger partial charge in [0.1, 0.15) is 5.75 Å². The van der Waals surface area contributed by atoms with Crippen molar-refractivity contribution in [3.8, 4) is 28.5 Å². The Morgan fingerprint density at radius 3 is 2.86 bits per heavy atom. The number of aromatic nitrogens is 1. The van der Waals surface area contributed by atoms with E-state index in [1.807, 2.05) is 55.6 Å². The second-order valence-electron chi connectivity index (χ2n) is 7.72. The summed E-state index contributed by atoms with van der Waals surface area (Å²) >= 11 is 1.33. The molecule has 0 spiro atoms.